The second-order valence-corrected chi connectivity index (χ2v) is 8.82. The quantitative estimate of drug-likeness (QED) is 0.691. The van der Waals surface area contributed by atoms with Crippen molar-refractivity contribution in [3.8, 4) is 0 Å². The highest BCUT2D eigenvalue weighted by Crippen LogP contribution is 2.26. The molecule has 0 spiro atoms. The van der Waals surface area contributed by atoms with Crippen molar-refractivity contribution in [3.05, 3.63) is 60.2 Å². The van der Waals surface area contributed by atoms with E-state index in [2.05, 4.69) is 5.43 Å². The van der Waals surface area contributed by atoms with Crippen molar-refractivity contribution >= 4 is 27.5 Å². The van der Waals surface area contributed by atoms with Gasteiger partial charge >= 0.3 is 0 Å². The monoisotopic (exact) mass is 416 g/mol. The van der Waals surface area contributed by atoms with Crippen LogP contribution in [0.4, 0.5) is 5.69 Å². The largest absolute Gasteiger partial charge is 0.366 e. The number of carbonyl (C=O) groups excluding carboxylic acids is 2. The van der Waals surface area contributed by atoms with Gasteiger partial charge in [-0.15, -0.1) is 0 Å². The van der Waals surface area contributed by atoms with Gasteiger partial charge in [-0.2, -0.15) is 4.31 Å². The van der Waals surface area contributed by atoms with Crippen molar-refractivity contribution in [3.63, 3.8) is 0 Å². The van der Waals surface area contributed by atoms with E-state index in [1.165, 1.54) is 16.4 Å². The average Bonchev–Trinajstić information content (AvgIpc) is 2.74. The van der Waals surface area contributed by atoms with Crippen LogP contribution in [0.25, 0.3) is 0 Å². The van der Waals surface area contributed by atoms with E-state index < -0.39 is 15.9 Å². The lowest BCUT2D eigenvalue weighted by Crippen LogP contribution is -2.47. The molecular weight excluding hydrogens is 392 g/mol. The molecule has 0 bridgehead atoms. The van der Waals surface area contributed by atoms with Crippen LogP contribution in [0, 0.1) is 5.92 Å². The maximum Gasteiger partial charge on any atom is 0.250 e. The number of nitrogens with two attached hydrogens (primary N) is 1. The second-order valence-electron chi connectivity index (χ2n) is 6.91. The standard InChI is InChI=1S/C20H24N4O4S/c1-23(16-7-3-2-4-8-16)22-20(26)15-11-13-24(14-12-15)29(27,28)18-10-6-5-9-17(18)19(21)25/h2-10,15H,11-14H2,1H3,(H2,21,25)(H,22,26). The van der Waals surface area contributed by atoms with E-state index in [9.17, 15) is 18.0 Å². The van der Waals surface area contributed by atoms with E-state index in [0.29, 0.717) is 12.8 Å². The molecule has 2 aromatic rings. The number of hydrogen-bond donors (Lipinski definition) is 2. The Morgan fingerprint density at radius 1 is 1.03 bits per heavy atom. The van der Waals surface area contributed by atoms with Gasteiger partial charge in [-0.05, 0) is 37.1 Å². The maximum atomic E-state index is 13.0. The predicted molar refractivity (Wildman–Crippen MR) is 109 cm³/mol. The number of anilines is 1. The normalized spacial score (nSPS) is 15.6. The number of nitrogens with zero attached hydrogens (tertiary/aromatic N) is 2. The number of sulfonamides is 1. The number of amides is 2. The lowest BCUT2D eigenvalue weighted by molar-refractivity contribution is -0.126. The summed E-state index contributed by atoms with van der Waals surface area (Å²) in [6.45, 7) is 0.394. The minimum atomic E-state index is -3.86. The summed E-state index contributed by atoms with van der Waals surface area (Å²) < 4.78 is 27.2. The van der Waals surface area contributed by atoms with Crippen molar-refractivity contribution in [1.29, 1.82) is 0 Å². The molecule has 1 fully saturated rings. The highest BCUT2D eigenvalue weighted by Gasteiger charge is 2.34. The Balaban J connectivity index is 1.64. The topological polar surface area (TPSA) is 113 Å². The molecule has 29 heavy (non-hydrogen) atoms. The molecule has 154 valence electrons. The summed E-state index contributed by atoms with van der Waals surface area (Å²) in [5.74, 6) is -1.23. The van der Waals surface area contributed by atoms with Gasteiger partial charge in [0.05, 0.1) is 16.1 Å². The lowest BCUT2D eigenvalue weighted by atomic mass is 9.97. The number of hydrazine groups is 1. The molecule has 1 aliphatic rings. The first kappa shape index (κ1) is 20.8. The molecule has 1 aliphatic heterocycles. The van der Waals surface area contributed by atoms with Gasteiger partial charge < -0.3 is 5.73 Å². The molecule has 0 aromatic heterocycles. The van der Waals surface area contributed by atoms with E-state index in [0.717, 1.165) is 5.69 Å². The molecule has 0 atom stereocenters. The number of hydrogen-bond acceptors (Lipinski definition) is 5. The summed E-state index contributed by atoms with van der Waals surface area (Å²) >= 11 is 0. The fraction of sp³-hybridized carbons (Fsp3) is 0.300. The third kappa shape index (κ3) is 4.57. The first-order valence-electron chi connectivity index (χ1n) is 9.29. The highest BCUT2D eigenvalue weighted by molar-refractivity contribution is 7.89. The van der Waals surface area contributed by atoms with Crippen molar-refractivity contribution in [1.82, 2.24) is 9.73 Å². The molecule has 1 heterocycles. The van der Waals surface area contributed by atoms with Crippen LogP contribution in [-0.2, 0) is 14.8 Å². The zero-order chi connectivity index (χ0) is 21.0. The minimum absolute atomic E-state index is 0.0307. The first-order valence-corrected chi connectivity index (χ1v) is 10.7. The van der Waals surface area contributed by atoms with Gasteiger partial charge in [0.1, 0.15) is 0 Å². The van der Waals surface area contributed by atoms with Gasteiger partial charge in [0.25, 0.3) is 0 Å². The van der Waals surface area contributed by atoms with Crippen LogP contribution in [0.2, 0.25) is 0 Å². The fourth-order valence-corrected chi connectivity index (χ4v) is 5.03. The summed E-state index contributed by atoms with van der Waals surface area (Å²) in [7, 11) is -2.10. The number of benzene rings is 2. The lowest BCUT2D eigenvalue weighted by Gasteiger charge is -2.32. The zero-order valence-electron chi connectivity index (χ0n) is 16.1. The van der Waals surface area contributed by atoms with Crippen LogP contribution < -0.4 is 16.2 Å². The molecule has 1 saturated heterocycles. The van der Waals surface area contributed by atoms with Crippen molar-refractivity contribution < 1.29 is 18.0 Å². The maximum absolute atomic E-state index is 13.0. The zero-order valence-corrected chi connectivity index (χ0v) is 16.9. The van der Waals surface area contributed by atoms with Crippen LogP contribution in [0.3, 0.4) is 0 Å². The number of para-hydroxylation sites is 1. The SMILES string of the molecule is CN(NC(=O)C1CCN(S(=O)(=O)c2ccccc2C(N)=O)CC1)c1ccccc1. The molecule has 0 unspecified atom stereocenters. The third-order valence-electron chi connectivity index (χ3n) is 5.02. The van der Waals surface area contributed by atoms with Crippen LogP contribution in [0.15, 0.2) is 59.5 Å². The van der Waals surface area contributed by atoms with Crippen LogP contribution >= 0.6 is 0 Å². The molecule has 0 aliphatic carbocycles. The van der Waals surface area contributed by atoms with Crippen LogP contribution in [-0.4, -0.2) is 44.7 Å². The Morgan fingerprint density at radius 2 is 1.62 bits per heavy atom. The third-order valence-corrected chi connectivity index (χ3v) is 6.97. The van der Waals surface area contributed by atoms with E-state index in [1.54, 1.807) is 24.2 Å². The Labute approximate surface area is 170 Å². The highest BCUT2D eigenvalue weighted by atomic mass is 32.2. The molecule has 2 amide bonds. The van der Waals surface area contributed by atoms with Gasteiger partial charge in [0.2, 0.25) is 21.8 Å². The van der Waals surface area contributed by atoms with E-state index in [4.69, 9.17) is 5.73 Å². The van der Waals surface area contributed by atoms with Crippen molar-refractivity contribution in [2.75, 3.05) is 25.1 Å². The Hall–Kier alpha value is -2.91. The minimum Gasteiger partial charge on any atom is -0.366 e. The number of carbonyl (C=O) groups is 2. The molecule has 3 N–H and O–H groups in total. The summed E-state index contributed by atoms with van der Waals surface area (Å²) in [4.78, 5) is 24.1. The van der Waals surface area contributed by atoms with Gasteiger partial charge in [-0.3, -0.25) is 20.0 Å². The molecule has 8 nitrogen and oxygen atoms in total. The fourth-order valence-electron chi connectivity index (χ4n) is 3.37. The second kappa shape index (κ2) is 8.62. The molecular formula is C20H24N4O4S. The molecule has 9 heteroatoms. The van der Waals surface area contributed by atoms with Gasteiger partial charge in [-0.25, -0.2) is 8.42 Å². The molecule has 2 aromatic carbocycles. The Bertz CT molecular complexity index is 987. The van der Waals surface area contributed by atoms with Crippen molar-refractivity contribution in [2.24, 2.45) is 11.7 Å². The average molecular weight is 417 g/mol. The predicted octanol–water partition coefficient (Wildman–Crippen LogP) is 1.35. The van der Waals surface area contributed by atoms with Gasteiger partial charge in [0.15, 0.2) is 0 Å². The molecule has 3 rings (SSSR count). The van der Waals surface area contributed by atoms with E-state index in [-0.39, 0.29) is 35.4 Å². The van der Waals surface area contributed by atoms with Gasteiger partial charge in [0, 0.05) is 26.1 Å². The number of nitrogens with one attached hydrogen (secondary N) is 1. The smallest absolute Gasteiger partial charge is 0.250 e. The summed E-state index contributed by atoms with van der Waals surface area (Å²) in [5, 5.41) is 1.65. The number of primary amides is 1. The Kier molecular flexibility index (Phi) is 6.19. The van der Waals surface area contributed by atoms with Crippen LogP contribution in [0.5, 0.6) is 0 Å². The van der Waals surface area contributed by atoms with Crippen molar-refractivity contribution in [2.45, 2.75) is 17.7 Å². The summed E-state index contributed by atoms with van der Waals surface area (Å²) in [6.07, 6.45) is 0.791. The number of rotatable bonds is 6. The summed E-state index contributed by atoms with van der Waals surface area (Å²) in [6, 6.07) is 15.3. The number of piperidine rings is 1. The Morgan fingerprint density at radius 3 is 2.24 bits per heavy atom. The van der Waals surface area contributed by atoms with E-state index in [1.807, 2.05) is 30.3 Å². The first-order chi connectivity index (χ1) is 13.8. The van der Waals surface area contributed by atoms with Crippen LogP contribution in [0.1, 0.15) is 23.2 Å². The van der Waals surface area contributed by atoms with E-state index >= 15 is 0 Å². The summed E-state index contributed by atoms with van der Waals surface area (Å²) in [5.41, 5.74) is 8.98. The molecule has 0 radical (unpaired) electrons. The molecule has 0 saturated carbocycles. The van der Waals surface area contributed by atoms with Gasteiger partial charge in [-0.1, -0.05) is 30.3 Å².